The number of halogens is 1. The molecule has 2 aromatic rings. The molecule has 0 atom stereocenters. The van der Waals surface area contributed by atoms with E-state index in [0.717, 1.165) is 76.1 Å². The molecule has 2 heterocycles. The van der Waals surface area contributed by atoms with E-state index in [-0.39, 0.29) is 24.0 Å². The molecule has 0 saturated carbocycles. The van der Waals surface area contributed by atoms with Crippen LogP contribution in [-0.4, -0.2) is 48.6 Å². The van der Waals surface area contributed by atoms with Crippen molar-refractivity contribution in [3.05, 3.63) is 41.6 Å². The summed E-state index contributed by atoms with van der Waals surface area (Å²) in [5, 5.41) is 11.3. The highest BCUT2D eigenvalue weighted by atomic mass is 127. The van der Waals surface area contributed by atoms with Gasteiger partial charge in [-0.25, -0.2) is 0 Å². The molecule has 0 bridgehead atoms. The molecule has 2 aromatic heterocycles. The van der Waals surface area contributed by atoms with Crippen LogP contribution in [0.25, 0.3) is 0 Å². The number of aliphatic imine (C=N–C) groups is 1. The zero-order chi connectivity index (χ0) is 19.3. The predicted molar refractivity (Wildman–Crippen MR) is 124 cm³/mol. The highest BCUT2D eigenvalue weighted by molar-refractivity contribution is 14.0. The molecular formula is C20H34IN5O2. The summed E-state index contributed by atoms with van der Waals surface area (Å²) in [6.45, 7) is 10.9. The van der Waals surface area contributed by atoms with Gasteiger partial charge in [-0.2, -0.15) is 5.10 Å². The van der Waals surface area contributed by atoms with Gasteiger partial charge in [-0.3, -0.25) is 9.67 Å². The van der Waals surface area contributed by atoms with Crippen LogP contribution in [0.15, 0.2) is 33.9 Å². The van der Waals surface area contributed by atoms with E-state index >= 15 is 0 Å². The van der Waals surface area contributed by atoms with Gasteiger partial charge in [0.2, 0.25) is 0 Å². The standard InChI is InChI=1S/C20H33N5O2.HI/c1-4-26-14-7-11-22-20(23-12-9-19-8-5-15-27-19)21-10-6-13-25-18(3)16-17(2)24-25;/h5,8,15-16H,4,6-7,9-14H2,1-3H3,(H2,21,22,23);1H. The van der Waals surface area contributed by atoms with Crippen LogP contribution in [0, 0.1) is 13.8 Å². The average molecular weight is 503 g/mol. The maximum Gasteiger partial charge on any atom is 0.191 e. The van der Waals surface area contributed by atoms with Crippen LogP contribution in [0.3, 0.4) is 0 Å². The third kappa shape index (κ3) is 9.59. The van der Waals surface area contributed by atoms with Gasteiger partial charge in [0, 0.05) is 51.5 Å². The Balaban J connectivity index is 0.00000392. The van der Waals surface area contributed by atoms with Gasteiger partial charge in [0.05, 0.1) is 12.0 Å². The van der Waals surface area contributed by atoms with Crippen LogP contribution in [-0.2, 0) is 17.7 Å². The number of furan rings is 1. The Labute approximate surface area is 185 Å². The van der Waals surface area contributed by atoms with Gasteiger partial charge in [0.15, 0.2) is 5.96 Å². The van der Waals surface area contributed by atoms with Crippen molar-refractivity contribution in [1.29, 1.82) is 0 Å². The number of nitrogens with one attached hydrogen (secondary N) is 2. The molecule has 0 aliphatic rings. The molecule has 0 amide bonds. The molecule has 28 heavy (non-hydrogen) atoms. The Morgan fingerprint density at radius 2 is 2.07 bits per heavy atom. The van der Waals surface area contributed by atoms with Gasteiger partial charge in [0.1, 0.15) is 5.76 Å². The van der Waals surface area contributed by atoms with Gasteiger partial charge in [0.25, 0.3) is 0 Å². The van der Waals surface area contributed by atoms with E-state index in [1.54, 1.807) is 6.26 Å². The van der Waals surface area contributed by atoms with Crippen molar-refractivity contribution in [3.63, 3.8) is 0 Å². The fourth-order valence-corrected chi connectivity index (χ4v) is 2.77. The molecule has 2 rings (SSSR count). The van der Waals surface area contributed by atoms with Gasteiger partial charge in [-0.15, -0.1) is 24.0 Å². The van der Waals surface area contributed by atoms with Crippen molar-refractivity contribution in [2.24, 2.45) is 4.99 Å². The third-order valence-corrected chi connectivity index (χ3v) is 4.11. The lowest BCUT2D eigenvalue weighted by molar-refractivity contribution is 0.145. The number of hydrogen-bond acceptors (Lipinski definition) is 4. The monoisotopic (exact) mass is 503 g/mol. The Morgan fingerprint density at radius 1 is 1.25 bits per heavy atom. The van der Waals surface area contributed by atoms with Crippen molar-refractivity contribution < 1.29 is 9.15 Å². The molecule has 0 spiro atoms. The minimum Gasteiger partial charge on any atom is -0.469 e. The topological polar surface area (TPSA) is 76.6 Å². The summed E-state index contributed by atoms with van der Waals surface area (Å²) in [5.41, 5.74) is 2.26. The molecule has 158 valence electrons. The van der Waals surface area contributed by atoms with Crippen molar-refractivity contribution in [1.82, 2.24) is 20.4 Å². The number of guanidine groups is 1. The largest absolute Gasteiger partial charge is 0.469 e. The van der Waals surface area contributed by atoms with Crippen molar-refractivity contribution in [3.8, 4) is 0 Å². The molecule has 0 radical (unpaired) electrons. The zero-order valence-electron chi connectivity index (χ0n) is 17.2. The van der Waals surface area contributed by atoms with E-state index in [1.807, 2.05) is 30.7 Å². The summed E-state index contributed by atoms with van der Waals surface area (Å²) in [4.78, 5) is 4.69. The number of hydrogen-bond donors (Lipinski definition) is 2. The number of aryl methyl sites for hydroxylation is 3. The summed E-state index contributed by atoms with van der Waals surface area (Å²) < 4.78 is 12.8. The first kappa shape index (κ1) is 24.5. The Kier molecular flexibility index (Phi) is 12.6. The second-order valence-corrected chi connectivity index (χ2v) is 6.47. The summed E-state index contributed by atoms with van der Waals surface area (Å²) in [7, 11) is 0. The quantitative estimate of drug-likeness (QED) is 0.201. The molecule has 0 fully saturated rings. The van der Waals surface area contributed by atoms with E-state index in [2.05, 4.69) is 28.7 Å². The molecule has 2 N–H and O–H groups in total. The maximum absolute atomic E-state index is 5.38. The molecule has 0 aliphatic heterocycles. The highest BCUT2D eigenvalue weighted by Gasteiger charge is 2.02. The first-order valence-corrected chi connectivity index (χ1v) is 9.82. The SMILES string of the molecule is CCOCCCNC(=NCCCn1nc(C)cc1C)NCCc1ccco1.I. The van der Waals surface area contributed by atoms with Crippen LogP contribution in [0.5, 0.6) is 0 Å². The first-order chi connectivity index (χ1) is 13.2. The molecular weight excluding hydrogens is 469 g/mol. The number of rotatable bonds is 12. The maximum atomic E-state index is 5.38. The molecule has 0 aliphatic carbocycles. The molecule has 0 saturated heterocycles. The van der Waals surface area contributed by atoms with Crippen molar-refractivity contribution >= 4 is 29.9 Å². The lowest BCUT2D eigenvalue weighted by atomic mass is 10.3. The summed E-state index contributed by atoms with van der Waals surface area (Å²) in [5.74, 6) is 1.81. The Bertz CT molecular complexity index is 670. The highest BCUT2D eigenvalue weighted by Crippen LogP contribution is 2.03. The van der Waals surface area contributed by atoms with E-state index < -0.39 is 0 Å². The molecule has 7 nitrogen and oxygen atoms in total. The fraction of sp³-hybridized carbons (Fsp3) is 0.600. The minimum absolute atomic E-state index is 0. The van der Waals surface area contributed by atoms with E-state index in [0.29, 0.717) is 0 Å². The van der Waals surface area contributed by atoms with E-state index in [4.69, 9.17) is 14.1 Å². The van der Waals surface area contributed by atoms with Crippen LogP contribution < -0.4 is 10.6 Å². The van der Waals surface area contributed by atoms with Gasteiger partial charge >= 0.3 is 0 Å². The van der Waals surface area contributed by atoms with Crippen LogP contribution in [0.2, 0.25) is 0 Å². The molecule has 0 aromatic carbocycles. The predicted octanol–water partition coefficient (Wildman–Crippen LogP) is 3.31. The lowest BCUT2D eigenvalue weighted by Gasteiger charge is -2.12. The Hall–Kier alpha value is -1.55. The summed E-state index contributed by atoms with van der Waals surface area (Å²) >= 11 is 0. The second kappa shape index (κ2) is 14.4. The number of ether oxygens (including phenoxy) is 1. The minimum atomic E-state index is 0. The number of nitrogens with zero attached hydrogens (tertiary/aromatic N) is 3. The van der Waals surface area contributed by atoms with E-state index in [1.165, 1.54) is 5.69 Å². The van der Waals surface area contributed by atoms with Crippen molar-refractivity contribution in [2.75, 3.05) is 32.8 Å². The van der Waals surface area contributed by atoms with Gasteiger partial charge in [-0.05, 0) is 51.8 Å². The fourth-order valence-electron chi connectivity index (χ4n) is 2.77. The Morgan fingerprint density at radius 3 is 2.75 bits per heavy atom. The summed E-state index contributed by atoms with van der Waals surface area (Å²) in [6, 6.07) is 6.00. The van der Waals surface area contributed by atoms with E-state index in [9.17, 15) is 0 Å². The molecule has 8 heteroatoms. The van der Waals surface area contributed by atoms with Crippen molar-refractivity contribution in [2.45, 2.75) is 46.6 Å². The number of aromatic nitrogens is 2. The van der Waals surface area contributed by atoms with Gasteiger partial charge in [-0.1, -0.05) is 0 Å². The first-order valence-electron chi connectivity index (χ1n) is 9.82. The van der Waals surface area contributed by atoms with Crippen LogP contribution in [0.1, 0.15) is 36.9 Å². The third-order valence-electron chi connectivity index (χ3n) is 4.11. The normalized spacial score (nSPS) is 11.3. The molecule has 0 unspecified atom stereocenters. The van der Waals surface area contributed by atoms with Crippen LogP contribution >= 0.6 is 24.0 Å². The summed E-state index contributed by atoms with van der Waals surface area (Å²) in [6.07, 6.45) is 4.44. The van der Waals surface area contributed by atoms with Gasteiger partial charge < -0.3 is 19.8 Å². The second-order valence-electron chi connectivity index (χ2n) is 6.47. The average Bonchev–Trinajstić information content (AvgIpc) is 3.27. The smallest absolute Gasteiger partial charge is 0.191 e. The lowest BCUT2D eigenvalue weighted by Crippen LogP contribution is -2.39. The van der Waals surface area contributed by atoms with Crippen LogP contribution in [0.4, 0.5) is 0 Å². The zero-order valence-corrected chi connectivity index (χ0v) is 19.6.